The zero-order chi connectivity index (χ0) is 31.4. The molecule has 0 bridgehead atoms. The maximum Gasteiger partial charge on any atom is 0.320 e. The number of hydrogen-bond donors (Lipinski definition) is 0. The van der Waals surface area contributed by atoms with E-state index in [1.54, 1.807) is 6.07 Å². The van der Waals surface area contributed by atoms with Gasteiger partial charge in [-0.3, -0.25) is 9.69 Å². The molecule has 4 aliphatic rings. The second-order valence-electron chi connectivity index (χ2n) is 14.2. The first-order valence-corrected chi connectivity index (χ1v) is 17.2. The number of carbonyl (C=O) groups is 2. The summed E-state index contributed by atoms with van der Waals surface area (Å²) >= 11 is 0. The van der Waals surface area contributed by atoms with Crippen molar-refractivity contribution in [1.82, 2.24) is 24.6 Å². The van der Waals surface area contributed by atoms with Crippen LogP contribution in [-0.2, 0) is 4.74 Å². The normalized spacial score (nSPS) is 26.7. The average Bonchev–Trinajstić information content (AvgIpc) is 3.34. The topological polar surface area (TPSA) is 93.0 Å². The summed E-state index contributed by atoms with van der Waals surface area (Å²) in [5, 5.41) is 9.23. The van der Waals surface area contributed by atoms with Crippen LogP contribution in [0.5, 0.6) is 0 Å². The summed E-state index contributed by atoms with van der Waals surface area (Å²) in [5.41, 5.74) is 2.50. The van der Waals surface area contributed by atoms with Crippen LogP contribution in [0, 0.1) is 31.1 Å². The van der Waals surface area contributed by atoms with Crippen LogP contribution in [0.25, 0.3) is 0 Å². The number of rotatable bonds is 9. The van der Waals surface area contributed by atoms with Crippen molar-refractivity contribution in [3.05, 3.63) is 28.6 Å². The number of piperidine rings is 2. The van der Waals surface area contributed by atoms with Gasteiger partial charge in [0.2, 0.25) is 0 Å². The Kier molecular flexibility index (Phi) is 10.5. The summed E-state index contributed by atoms with van der Waals surface area (Å²) in [4.78, 5) is 40.8. The lowest BCUT2D eigenvalue weighted by Crippen LogP contribution is -2.58. The van der Waals surface area contributed by atoms with Crippen LogP contribution in [0.3, 0.4) is 0 Å². The molecule has 242 valence electrons. The first kappa shape index (κ1) is 32.7. The molecule has 1 atom stereocenters. The smallest absolute Gasteiger partial charge is 0.320 e. The van der Waals surface area contributed by atoms with Crippen LogP contribution in [0.2, 0.25) is 0 Å². The van der Waals surface area contributed by atoms with Crippen molar-refractivity contribution in [1.29, 1.82) is 5.26 Å². The number of carbonyl (C=O) groups excluding carboxylic acids is 2. The Morgan fingerprint density at radius 2 is 1.77 bits per heavy atom. The van der Waals surface area contributed by atoms with Crippen LogP contribution >= 0.6 is 0 Å². The van der Waals surface area contributed by atoms with Crippen LogP contribution < -0.4 is 0 Å². The van der Waals surface area contributed by atoms with Crippen molar-refractivity contribution in [3.8, 4) is 6.07 Å². The summed E-state index contributed by atoms with van der Waals surface area (Å²) < 4.78 is 5.58. The van der Waals surface area contributed by atoms with Crippen molar-refractivity contribution in [3.63, 3.8) is 0 Å². The van der Waals surface area contributed by atoms with Crippen molar-refractivity contribution >= 4 is 11.9 Å². The number of unbranched alkanes of at least 4 members (excludes halogenated alkanes) is 1. The van der Waals surface area contributed by atoms with Gasteiger partial charge in [-0.05, 0) is 96.1 Å². The highest BCUT2D eigenvalue weighted by Crippen LogP contribution is 2.36. The number of urea groups is 1. The van der Waals surface area contributed by atoms with Crippen molar-refractivity contribution in [2.45, 2.75) is 122 Å². The van der Waals surface area contributed by atoms with Gasteiger partial charge in [-0.2, -0.15) is 5.26 Å². The quantitative estimate of drug-likeness (QED) is 0.367. The second kappa shape index (κ2) is 14.2. The SMILES string of the molecule is CCCCC1CN(CC2CCC(OC)CC2)C(=O)N1C1CCN(C2(C)CCN(C(=O)c3c(C)cc(C#N)nc3C)CC2)CC1. The van der Waals surface area contributed by atoms with Gasteiger partial charge >= 0.3 is 6.03 Å². The number of likely N-dealkylation sites (tertiary alicyclic amines) is 2. The standard InChI is InChI=1S/C35H54N6O3/c1-6-7-8-30-24-39(23-27-9-11-31(44-5)12-10-27)34(43)41(30)29-13-17-40(18-14-29)35(4)15-19-38(20-16-35)33(42)32-25(2)21-28(22-36)37-26(32)3/h21,27,29-31H,6-20,23-24H2,1-5H3. The number of ether oxygens (including phenoxy) is 1. The molecular weight excluding hydrogens is 552 g/mol. The zero-order valence-electron chi connectivity index (χ0n) is 27.8. The van der Waals surface area contributed by atoms with E-state index in [0.717, 1.165) is 109 Å². The molecule has 3 aliphatic heterocycles. The van der Waals surface area contributed by atoms with E-state index in [1.165, 1.54) is 6.42 Å². The lowest BCUT2D eigenvalue weighted by molar-refractivity contribution is 0.00467. The molecule has 4 heterocycles. The molecule has 1 aliphatic carbocycles. The van der Waals surface area contributed by atoms with Crippen LogP contribution in [0.1, 0.15) is 112 Å². The maximum atomic E-state index is 13.9. The highest BCUT2D eigenvalue weighted by atomic mass is 16.5. The fraction of sp³-hybridized carbons (Fsp3) is 0.771. The Labute approximate surface area is 264 Å². The van der Waals surface area contributed by atoms with Crippen LogP contribution in [-0.4, -0.2) is 107 Å². The number of pyridine rings is 1. The number of aryl methyl sites for hydroxylation is 2. The van der Waals surface area contributed by atoms with Gasteiger partial charge in [-0.25, -0.2) is 9.78 Å². The van der Waals surface area contributed by atoms with E-state index in [0.29, 0.717) is 41.1 Å². The van der Waals surface area contributed by atoms with E-state index in [1.807, 2.05) is 25.9 Å². The number of nitriles is 1. The molecular formula is C35H54N6O3. The molecule has 0 spiro atoms. The molecule has 0 aromatic carbocycles. The maximum absolute atomic E-state index is 13.9. The third-order valence-electron chi connectivity index (χ3n) is 11.3. The van der Waals surface area contributed by atoms with E-state index < -0.39 is 0 Å². The van der Waals surface area contributed by atoms with Gasteiger partial charge in [0, 0.05) is 58.0 Å². The van der Waals surface area contributed by atoms with Crippen molar-refractivity contribution in [2.75, 3.05) is 46.4 Å². The first-order chi connectivity index (χ1) is 21.2. The van der Waals surface area contributed by atoms with Gasteiger partial charge in [0.25, 0.3) is 5.91 Å². The van der Waals surface area contributed by atoms with Gasteiger partial charge in [-0.15, -0.1) is 0 Å². The Balaban J connectivity index is 1.16. The molecule has 0 radical (unpaired) electrons. The molecule has 4 fully saturated rings. The molecule has 1 aromatic heterocycles. The van der Waals surface area contributed by atoms with E-state index in [4.69, 9.17) is 4.74 Å². The molecule has 1 aromatic rings. The zero-order valence-corrected chi connectivity index (χ0v) is 27.8. The Bertz CT molecular complexity index is 1180. The minimum atomic E-state index is 0.0275. The third-order valence-corrected chi connectivity index (χ3v) is 11.3. The molecule has 1 saturated carbocycles. The predicted octanol–water partition coefficient (Wildman–Crippen LogP) is 5.53. The van der Waals surface area contributed by atoms with Crippen LogP contribution in [0.4, 0.5) is 4.79 Å². The van der Waals surface area contributed by atoms with E-state index >= 15 is 0 Å². The lowest BCUT2D eigenvalue weighted by Gasteiger charge is -2.50. The second-order valence-corrected chi connectivity index (χ2v) is 14.2. The van der Waals surface area contributed by atoms with Crippen LogP contribution in [0.15, 0.2) is 6.07 Å². The van der Waals surface area contributed by atoms with E-state index in [9.17, 15) is 14.9 Å². The summed E-state index contributed by atoms with van der Waals surface area (Å²) in [6.07, 6.45) is 12.3. The largest absolute Gasteiger partial charge is 0.381 e. The molecule has 3 saturated heterocycles. The number of amides is 3. The lowest BCUT2D eigenvalue weighted by atomic mass is 9.85. The first-order valence-electron chi connectivity index (χ1n) is 17.2. The van der Waals surface area contributed by atoms with Gasteiger partial charge in [0.1, 0.15) is 11.8 Å². The number of nitrogens with zero attached hydrogens (tertiary/aromatic N) is 6. The average molecular weight is 607 g/mol. The van der Waals surface area contributed by atoms with Crippen molar-refractivity contribution in [2.24, 2.45) is 5.92 Å². The molecule has 9 nitrogen and oxygen atoms in total. The minimum Gasteiger partial charge on any atom is -0.381 e. The highest BCUT2D eigenvalue weighted by molar-refractivity contribution is 5.96. The fourth-order valence-electron chi connectivity index (χ4n) is 8.44. The van der Waals surface area contributed by atoms with Gasteiger partial charge < -0.3 is 19.4 Å². The Morgan fingerprint density at radius 1 is 1.09 bits per heavy atom. The molecule has 3 amide bonds. The fourth-order valence-corrected chi connectivity index (χ4v) is 8.44. The third kappa shape index (κ3) is 6.92. The molecule has 9 heteroatoms. The number of aromatic nitrogens is 1. The monoisotopic (exact) mass is 606 g/mol. The highest BCUT2D eigenvalue weighted by Gasteiger charge is 2.45. The Morgan fingerprint density at radius 3 is 2.36 bits per heavy atom. The summed E-state index contributed by atoms with van der Waals surface area (Å²) in [7, 11) is 1.82. The van der Waals surface area contributed by atoms with E-state index in [-0.39, 0.29) is 17.5 Å². The number of methoxy groups -OCH3 is 1. The van der Waals surface area contributed by atoms with Crippen molar-refractivity contribution < 1.29 is 14.3 Å². The molecule has 0 N–H and O–H groups in total. The van der Waals surface area contributed by atoms with Gasteiger partial charge in [0.05, 0.1) is 23.4 Å². The van der Waals surface area contributed by atoms with Gasteiger partial charge in [-0.1, -0.05) is 19.8 Å². The van der Waals surface area contributed by atoms with E-state index in [2.05, 4.69) is 39.6 Å². The summed E-state index contributed by atoms with van der Waals surface area (Å²) in [6.45, 7) is 13.6. The van der Waals surface area contributed by atoms with Gasteiger partial charge in [0.15, 0.2) is 0 Å². The predicted molar refractivity (Wildman–Crippen MR) is 171 cm³/mol. The summed E-state index contributed by atoms with van der Waals surface area (Å²) in [6, 6.07) is 4.73. The summed E-state index contributed by atoms with van der Waals surface area (Å²) in [5.74, 6) is 0.623. The molecule has 5 rings (SSSR count). The number of hydrogen-bond acceptors (Lipinski definition) is 6. The minimum absolute atomic E-state index is 0.0275. The molecule has 1 unspecified atom stereocenters. The Hall–Kier alpha value is -2.70. The molecule has 44 heavy (non-hydrogen) atoms.